The SMILES string of the molecule is Cc1ccccc1C(=O)NNC(=S)NCCSc1ccc(Cl)cc1. The van der Waals surface area contributed by atoms with Gasteiger partial charge in [-0.05, 0) is 55.0 Å². The lowest BCUT2D eigenvalue weighted by atomic mass is 10.1. The molecule has 0 saturated carbocycles. The van der Waals surface area contributed by atoms with E-state index >= 15 is 0 Å². The summed E-state index contributed by atoms with van der Waals surface area (Å²) in [6.45, 7) is 2.57. The van der Waals surface area contributed by atoms with Crippen molar-refractivity contribution in [2.75, 3.05) is 12.3 Å². The van der Waals surface area contributed by atoms with Crippen molar-refractivity contribution in [2.45, 2.75) is 11.8 Å². The van der Waals surface area contributed by atoms with Crippen molar-refractivity contribution >= 4 is 46.6 Å². The van der Waals surface area contributed by atoms with Crippen LogP contribution in [0.3, 0.4) is 0 Å². The quantitative estimate of drug-likeness (QED) is 0.321. The summed E-state index contributed by atoms with van der Waals surface area (Å²) in [6, 6.07) is 15.1. The van der Waals surface area contributed by atoms with E-state index in [4.69, 9.17) is 23.8 Å². The van der Waals surface area contributed by atoms with Crippen LogP contribution in [0, 0.1) is 6.92 Å². The van der Waals surface area contributed by atoms with Crippen LogP contribution in [0.1, 0.15) is 15.9 Å². The molecule has 0 unspecified atom stereocenters. The van der Waals surface area contributed by atoms with Gasteiger partial charge in [0.1, 0.15) is 0 Å². The van der Waals surface area contributed by atoms with Crippen LogP contribution in [0.25, 0.3) is 0 Å². The second-order valence-electron chi connectivity index (χ2n) is 4.95. The number of nitrogens with one attached hydrogen (secondary N) is 3. The Labute approximate surface area is 156 Å². The molecule has 0 aliphatic carbocycles. The Kier molecular flexibility index (Phi) is 7.36. The van der Waals surface area contributed by atoms with Crippen LogP contribution in [0.15, 0.2) is 53.4 Å². The normalized spacial score (nSPS) is 10.1. The van der Waals surface area contributed by atoms with Gasteiger partial charge in [0, 0.05) is 27.8 Å². The van der Waals surface area contributed by atoms with Gasteiger partial charge in [0.05, 0.1) is 0 Å². The summed E-state index contributed by atoms with van der Waals surface area (Å²) in [6.07, 6.45) is 0. The lowest BCUT2D eigenvalue weighted by Gasteiger charge is -2.12. The zero-order chi connectivity index (χ0) is 17.4. The van der Waals surface area contributed by atoms with Gasteiger partial charge >= 0.3 is 0 Å². The van der Waals surface area contributed by atoms with E-state index in [-0.39, 0.29) is 5.91 Å². The van der Waals surface area contributed by atoms with Crippen molar-refractivity contribution < 1.29 is 4.79 Å². The minimum absolute atomic E-state index is 0.215. The summed E-state index contributed by atoms with van der Waals surface area (Å²) < 4.78 is 0. The van der Waals surface area contributed by atoms with Crippen LogP contribution >= 0.6 is 35.6 Å². The van der Waals surface area contributed by atoms with Crippen molar-refractivity contribution in [1.82, 2.24) is 16.2 Å². The summed E-state index contributed by atoms with van der Waals surface area (Å²) in [5, 5.41) is 4.16. The van der Waals surface area contributed by atoms with Crippen LogP contribution in [-0.2, 0) is 0 Å². The standard InChI is InChI=1S/C17H18ClN3OS2/c1-12-4-2-3-5-15(12)16(22)20-21-17(23)19-10-11-24-14-8-6-13(18)7-9-14/h2-9H,10-11H2,1H3,(H,20,22)(H2,19,21,23). The van der Waals surface area contributed by atoms with Crippen LogP contribution in [0.5, 0.6) is 0 Å². The minimum atomic E-state index is -0.215. The fourth-order valence-corrected chi connectivity index (χ4v) is 2.96. The maximum Gasteiger partial charge on any atom is 0.269 e. The number of rotatable bonds is 5. The van der Waals surface area contributed by atoms with E-state index in [1.807, 2.05) is 49.4 Å². The highest BCUT2D eigenvalue weighted by Gasteiger charge is 2.07. The third kappa shape index (κ3) is 6.03. The van der Waals surface area contributed by atoms with Gasteiger partial charge < -0.3 is 5.32 Å². The Morgan fingerprint density at radius 2 is 1.83 bits per heavy atom. The van der Waals surface area contributed by atoms with E-state index in [1.54, 1.807) is 17.8 Å². The Morgan fingerprint density at radius 3 is 2.54 bits per heavy atom. The third-order valence-electron chi connectivity index (χ3n) is 3.15. The van der Waals surface area contributed by atoms with Crippen molar-refractivity contribution in [2.24, 2.45) is 0 Å². The van der Waals surface area contributed by atoms with E-state index in [0.29, 0.717) is 17.2 Å². The molecule has 0 radical (unpaired) electrons. The number of carbonyl (C=O) groups excluding carboxylic acids is 1. The molecule has 0 aliphatic rings. The molecule has 24 heavy (non-hydrogen) atoms. The van der Waals surface area contributed by atoms with Gasteiger partial charge in [-0.2, -0.15) is 0 Å². The average Bonchev–Trinajstić information content (AvgIpc) is 2.58. The number of aryl methyl sites for hydroxylation is 1. The van der Waals surface area contributed by atoms with Gasteiger partial charge in [0.2, 0.25) is 0 Å². The Bertz CT molecular complexity index is 707. The van der Waals surface area contributed by atoms with Crippen LogP contribution in [0.4, 0.5) is 0 Å². The lowest BCUT2D eigenvalue weighted by Crippen LogP contribution is -2.47. The van der Waals surface area contributed by atoms with Crippen molar-refractivity contribution in [3.8, 4) is 0 Å². The van der Waals surface area contributed by atoms with E-state index < -0.39 is 0 Å². The second-order valence-corrected chi connectivity index (χ2v) is 6.97. The smallest absolute Gasteiger partial charge is 0.269 e. The number of hydrazine groups is 1. The fourth-order valence-electron chi connectivity index (χ4n) is 1.92. The highest BCUT2D eigenvalue weighted by atomic mass is 35.5. The molecule has 7 heteroatoms. The van der Waals surface area contributed by atoms with E-state index in [2.05, 4.69) is 16.2 Å². The fraction of sp³-hybridized carbons (Fsp3) is 0.176. The monoisotopic (exact) mass is 379 g/mol. The van der Waals surface area contributed by atoms with Crippen LogP contribution in [0.2, 0.25) is 5.02 Å². The first-order valence-electron chi connectivity index (χ1n) is 7.34. The van der Waals surface area contributed by atoms with Crippen molar-refractivity contribution in [3.63, 3.8) is 0 Å². The number of hydrogen-bond acceptors (Lipinski definition) is 3. The van der Waals surface area contributed by atoms with Crippen LogP contribution < -0.4 is 16.2 Å². The summed E-state index contributed by atoms with van der Waals surface area (Å²) in [7, 11) is 0. The van der Waals surface area contributed by atoms with Gasteiger partial charge in [-0.3, -0.25) is 15.6 Å². The van der Waals surface area contributed by atoms with Crippen LogP contribution in [-0.4, -0.2) is 23.3 Å². The third-order valence-corrected chi connectivity index (χ3v) is 4.66. The number of halogens is 1. The summed E-state index contributed by atoms with van der Waals surface area (Å²) in [5.41, 5.74) is 6.83. The van der Waals surface area contributed by atoms with Gasteiger partial charge in [-0.15, -0.1) is 11.8 Å². The van der Waals surface area contributed by atoms with E-state index in [1.165, 1.54) is 0 Å². The summed E-state index contributed by atoms with van der Waals surface area (Å²) >= 11 is 12.7. The largest absolute Gasteiger partial charge is 0.361 e. The summed E-state index contributed by atoms with van der Waals surface area (Å²) in [4.78, 5) is 13.2. The van der Waals surface area contributed by atoms with Gasteiger partial charge in [-0.1, -0.05) is 29.8 Å². The van der Waals surface area contributed by atoms with Crippen molar-refractivity contribution in [1.29, 1.82) is 0 Å². The average molecular weight is 380 g/mol. The number of benzene rings is 2. The van der Waals surface area contributed by atoms with Gasteiger partial charge in [-0.25, -0.2) is 0 Å². The molecule has 0 bridgehead atoms. The zero-order valence-corrected chi connectivity index (χ0v) is 15.5. The molecule has 0 saturated heterocycles. The molecule has 0 spiro atoms. The lowest BCUT2D eigenvalue weighted by molar-refractivity contribution is 0.0943. The Morgan fingerprint density at radius 1 is 1.12 bits per heavy atom. The summed E-state index contributed by atoms with van der Waals surface area (Å²) in [5.74, 6) is 0.627. The molecular weight excluding hydrogens is 362 g/mol. The predicted molar refractivity (Wildman–Crippen MR) is 105 cm³/mol. The Hall–Kier alpha value is -1.76. The topological polar surface area (TPSA) is 53.2 Å². The number of thioether (sulfide) groups is 1. The first-order valence-corrected chi connectivity index (χ1v) is 9.11. The highest BCUT2D eigenvalue weighted by molar-refractivity contribution is 7.99. The molecule has 2 rings (SSSR count). The maximum atomic E-state index is 12.0. The van der Waals surface area contributed by atoms with Gasteiger partial charge in [0.15, 0.2) is 5.11 Å². The number of amides is 1. The first-order chi connectivity index (χ1) is 11.6. The molecule has 0 fully saturated rings. The van der Waals surface area contributed by atoms with E-state index in [9.17, 15) is 4.79 Å². The highest BCUT2D eigenvalue weighted by Crippen LogP contribution is 2.19. The molecule has 2 aromatic carbocycles. The minimum Gasteiger partial charge on any atom is -0.361 e. The maximum absolute atomic E-state index is 12.0. The first kappa shape index (κ1) is 18.6. The molecule has 1 amide bonds. The molecule has 0 aliphatic heterocycles. The Balaban J connectivity index is 1.65. The van der Waals surface area contributed by atoms with Crippen molar-refractivity contribution in [3.05, 3.63) is 64.7 Å². The molecule has 2 aromatic rings. The molecule has 0 atom stereocenters. The number of carbonyl (C=O) groups is 1. The second kappa shape index (κ2) is 9.52. The predicted octanol–water partition coefficient (Wildman–Crippen LogP) is 3.55. The molecule has 0 aromatic heterocycles. The molecule has 4 nitrogen and oxygen atoms in total. The zero-order valence-electron chi connectivity index (χ0n) is 13.1. The molecule has 3 N–H and O–H groups in total. The number of thiocarbonyl (C=S) groups is 1. The van der Waals surface area contributed by atoms with Gasteiger partial charge in [0.25, 0.3) is 5.91 Å². The molecule has 126 valence electrons. The molecule has 0 heterocycles. The molecular formula is C17H18ClN3OS2. The number of hydrogen-bond donors (Lipinski definition) is 3. The van der Waals surface area contributed by atoms with E-state index in [0.717, 1.165) is 21.2 Å².